The molecule has 0 amide bonds. The predicted octanol–water partition coefficient (Wildman–Crippen LogP) is 10.6. The molecule has 0 bridgehead atoms. The number of nitrogen functional groups attached to an aromatic ring is 1. The standard InChI is InChI=1S/C46H62ClFN5O9P/c1-5-6-7-8-9-10-11-12-13-14-15-18-25-55-29-36(56-28-35-22-21-34(27-49)26-38(35)48)30-58-63(54,61-40-20-17-16-19-37(40)47)59-31-45(4)43-46(32-57-45,62-44(2,3)60-43)41-24-23-39-42(50)51-33-52-53(39)41/h16-17,19-24,26,33,36,43H,5-15,18,25,28-32H2,1-4H3,(H2,50,51,52)/t36-,43-,45-,46+,63?/m1/s1. The summed E-state index contributed by atoms with van der Waals surface area (Å²) in [6, 6.07) is 16.2. The maximum atomic E-state index is 14.9. The molecule has 2 aliphatic heterocycles. The van der Waals surface area contributed by atoms with Gasteiger partial charge in [-0.05, 0) is 63.6 Å². The molecule has 2 fully saturated rings. The van der Waals surface area contributed by atoms with Gasteiger partial charge < -0.3 is 33.9 Å². The molecular formula is C46H62ClFN5O9P. The number of anilines is 1. The Bertz CT molecular complexity index is 2190. The molecule has 14 nitrogen and oxygen atoms in total. The Morgan fingerprint density at radius 2 is 1.70 bits per heavy atom. The number of unbranched alkanes of at least 4 members (excludes halogenated alkanes) is 11. The van der Waals surface area contributed by atoms with Gasteiger partial charge >= 0.3 is 7.82 Å². The Hall–Kier alpha value is -3.68. The van der Waals surface area contributed by atoms with E-state index in [1.165, 1.54) is 76.2 Å². The highest BCUT2D eigenvalue weighted by molar-refractivity contribution is 7.49. The monoisotopic (exact) mass is 913 g/mol. The van der Waals surface area contributed by atoms with Crippen LogP contribution in [-0.2, 0) is 49.5 Å². The molecule has 344 valence electrons. The Kier molecular flexibility index (Phi) is 17.4. The maximum absolute atomic E-state index is 14.9. The number of halogens is 2. The molecule has 4 aromatic rings. The summed E-state index contributed by atoms with van der Waals surface area (Å²) in [6.45, 7) is 7.33. The van der Waals surface area contributed by atoms with Gasteiger partial charge in [-0.1, -0.05) is 107 Å². The first kappa shape index (κ1) is 48.8. The molecule has 6 rings (SSSR count). The van der Waals surface area contributed by atoms with Crippen molar-refractivity contribution in [3.05, 3.63) is 88.6 Å². The van der Waals surface area contributed by atoms with Crippen LogP contribution in [0.4, 0.5) is 10.2 Å². The van der Waals surface area contributed by atoms with Gasteiger partial charge in [-0.2, -0.15) is 10.4 Å². The molecule has 0 radical (unpaired) electrons. The van der Waals surface area contributed by atoms with Crippen molar-refractivity contribution in [3.63, 3.8) is 0 Å². The minimum Gasteiger partial charge on any atom is -0.402 e. The number of nitrogens with two attached hydrogens (primary N) is 1. The highest BCUT2D eigenvalue weighted by Crippen LogP contribution is 2.57. The molecular weight excluding hydrogens is 852 g/mol. The number of hydrogen-bond donors (Lipinski definition) is 1. The lowest BCUT2D eigenvalue weighted by molar-refractivity contribution is -0.208. The van der Waals surface area contributed by atoms with Crippen LogP contribution in [0.25, 0.3) is 5.52 Å². The van der Waals surface area contributed by atoms with Gasteiger partial charge in [0.15, 0.2) is 17.2 Å². The van der Waals surface area contributed by atoms with Crippen LogP contribution in [0.3, 0.4) is 0 Å². The van der Waals surface area contributed by atoms with Crippen molar-refractivity contribution in [2.75, 3.05) is 38.8 Å². The van der Waals surface area contributed by atoms with E-state index >= 15 is 0 Å². The molecule has 1 unspecified atom stereocenters. The van der Waals surface area contributed by atoms with Crippen molar-refractivity contribution in [2.24, 2.45) is 0 Å². The number of aromatic nitrogens is 3. The van der Waals surface area contributed by atoms with Crippen molar-refractivity contribution in [1.29, 1.82) is 5.26 Å². The topological polar surface area (TPSA) is 171 Å². The van der Waals surface area contributed by atoms with E-state index in [9.17, 15) is 14.2 Å². The first-order chi connectivity index (χ1) is 30.3. The lowest BCUT2D eigenvalue weighted by atomic mass is 9.86. The van der Waals surface area contributed by atoms with Crippen molar-refractivity contribution in [3.8, 4) is 11.8 Å². The molecule has 4 heterocycles. The van der Waals surface area contributed by atoms with Crippen LogP contribution in [0, 0.1) is 17.1 Å². The largest absolute Gasteiger partial charge is 0.530 e. The second-order valence-corrected chi connectivity index (χ2v) is 19.0. The number of fused-ring (bicyclic) bond motifs is 2. The normalized spacial score (nSPS) is 21.9. The number of phosphoric ester groups is 1. The fourth-order valence-electron chi connectivity index (χ4n) is 8.07. The van der Waals surface area contributed by atoms with Crippen molar-refractivity contribution < 1.29 is 46.2 Å². The number of nitrogens with zero attached hydrogens (tertiary/aromatic N) is 4. The number of para-hydroxylation sites is 1. The summed E-state index contributed by atoms with van der Waals surface area (Å²) in [5.41, 5.74) is 5.36. The van der Waals surface area contributed by atoms with Gasteiger partial charge in [-0.25, -0.2) is 18.5 Å². The van der Waals surface area contributed by atoms with Gasteiger partial charge in [0.2, 0.25) is 0 Å². The average molecular weight is 914 g/mol. The average Bonchev–Trinajstić information content (AvgIpc) is 3.91. The highest BCUT2D eigenvalue weighted by atomic mass is 35.5. The number of phosphoric acid groups is 1. The SMILES string of the molecule is CCCCCCCCCCCCCCOC[C@H](COP(=O)(OC[C@@]1(C)OC[C@@]2(c3ccc4c(N)ncnn34)OC(C)(C)O[C@H]12)Oc1ccccc1Cl)OCc1ccc(C#N)cc1F. The van der Waals surface area contributed by atoms with Crippen LogP contribution in [0.1, 0.15) is 122 Å². The van der Waals surface area contributed by atoms with E-state index in [-0.39, 0.29) is 54.9 Å². The Morgan fingerprint density at radius 3 is 2.40 bits per heavy atom. The third kappa shape index (κ3) is 12.8. The zero-order chi connectivity index (χ0) is 44.9. The molecule has 0 aliphatic carbocycles. The summed E-state index contributed by atoms with van der Waals surface area (Å²) in [4.78, 5) is 4.11. The molecule has 17 heteroatoms. The first-order valence-corrected chi connectivity index (χ1v) is 24.0. The summed E-state index contributed by atoms with van der Waals surface area (Å²) in [7, 11) is -4.55. The van der Waals surface area contributed by atoms with E-state index in [4.69, 9.17) is 54.6 Å². The lowest BCUT2D eigenvalue weighted by Crippen LogP contribution is -2.48. The molecule has 0 spiro atoms. The molecule has 2 aromatic heterocycles. The zero-order valence-corrected chi connectivity index (χ0v) is 38.6. The molecule has 5 atom stereocenters. The van der Waals surface area contributed by atoms with Crippen LogP contribution >= 0.6 is 19.4 Å². The minimum atomic E-state index is -4.55. The van der Waals surface area contributed by atoms with E-state index in [0.29, 0.717) is 23.6 Å². The Morgan fingerprint density at radius 1 is 0.984 bits per heavy atom. The van der Waals surface area contributed by atoms with Crippen LogP contribution in [-0.4, -0.2) is 71.2 Å². The fraction of sp³-hybridized carbons (Fsp3) is 0.587. The molecule has 2 saturated heterocycles. The van der Waals surface area contributed by atoms with Crippen molar-refractivity contribution >= 4 is 30.8 Å². The van der Waals surface area contributed by atoms with Gasteiger partial charge in [-0.15, -0.1) is 0 Å². The summed E-state index contributed by atoms with van der Waals surface area (Å²) >= 11 is 6.47. The van der Waals surface area contributed by atoms with E-state index in [2.05, 4.69) is 17.0 Å². The van der Waals surface area contributed by atoms with Crippen LogP contribution in [0.15, 0.2) is 60.9 Å². The predicted molar refractivity (Wildman–Crippen MR) is 237 cm³/mol. The Labute approximate surface area is 375 Å². The van der Waals surface area contributed by atoms with Crippen LogP contribution in [0.5, 0.6) is 5.75 Å². The summed E-state index contributed by atoms with van der Waals surface area (Å²) < 4.78 is 81.3. The third-order valence-electron chi connectivity index (χ3n) is 11.4. The van der Waals surface area contributed by atoms with E-state index in [0.717, 1.165) is 25.3 Å². The number of ether oxygens (including phenoxy) is 5. The minimum absolute atomic E-state index is 0.0336. The summed E-state index contributed by atoms with van der Waals surface area (Å²) in [5.74, 6) is -1.29. The summed E-state index contributed by atoms with van der Waals surface area (Å²) in [6.07, 6.45) is 14.4. The number of nitriles is 1. The maximum Gasteiger partial charge on any atom is 0.530 e. The van der Waals surface area contributed by atoms with Crippen LogP contribution in [0.2, 0.25) is 5.02 Å². The molecule has 2 N–H and O–H groups in total. The van der Waals surface area contributed by atoms with Gasteiger partial charge in [0.1, 0.15) is 41.2 Å². The van der Waals surface area contributed by atoms with Gasteiger partial charge in [0.25, 0.3) is 0 Å². The van der Waals surface area contributed by atoms with Gasteiger partial charge in [0, 0.05) is 12.2 Å². The molecule has 63 heavy (non-hydrogen) atoms. The van der Waals surface area contributed by atoms with Gasteiger partial charge in [-0.3, -0.25) is 9.05 Å². The first-order valence-electron chi connectivity index (χ1n) is 22.1. The zero-order valence-electron chi connectivity index (χ0n) is 36.9. The molecule has 2 aromatic carbocycles. The smallest absolute Gasteiger partial charge is 0.402 e. The molecule has 0 saturated carbocycles. The van der Waals surface area contributed by atoms with Crippen molar-refractivity contribution in [2.45, 2.75) is 141 Å². The highest BCUT2D eigenvalue weighted by Gasteiger charge is 2.68. The fourth-order valence-corrected chi connectivity index (χ4v) is 9.65. The summed E-state index contributed by atoms with van der Waals surface area (Å²) in [5, 5.41) is 13.8. The number of rotatable bonds is 27. The van der Waals surface area contributed by atoms with Crippen LogP contribution < -0.4 is 10.3 Å². The third-order valence-corrected chi connectivity index (χ3v) is 13.1. The van der Waals surface area contributed by atoms with E-state index in [1.807, 2.05) is 12.1 Å². The number of hydrogen-bond acceptors (Lipinski definition) is 13. The quantitative estimate of drug-likeness (QED) is 0.0443. The molecule has 2 aliphatic rings. The lowest BCUT2D eigenvalue weighted by Gasteiger charge is -2.32. The number of benzene rings is 2. The van der Waals surface area contributed by atoms with E-state index < -0.39 is 42.8 Å². The van der Waals surface area contributed by atoms with Gasteiger partial charge in [0.05, 0.1) is 55.4 Å². The van der Waals surface area contributed by atoms with Crippen molar-refractivity contribution in [1.82, 2.24) is 14.6 Å². The second kappa shape index (κ2) is 22.5. The van der Waals surface area contributed by atoms with E-state index in [1.54, 1.807) is 55.6 Å². The Balaban J connectivity index is 1.12. The second-order valence-electron chi connectivity index (χ2n) is 17.0.